The minimum absolute atomic E-state index is 0.0664. The molecule has 0 saturated carbocycles. The van der Waals surface area contributed by atoms with E-state index in [0.29, 0.717) is 12.2 Å². The second kappa shape index (κ2) is 4.65. The average Bonchev–Trinajstić information content (AvgIpc) is 2.85. The highest BCUT2D eigenvalue weighted by Crippen LogP contribution is 2.16. The lowest BCUT2D eigenvalue weighted by molar-refractivity contribution is 0.0778. The summed E-state index contributed by atoms with van der Waals surface area (Å²) in [5, 5.41) is 11.8. The molecule has 1 aromatic rings. The fourth-order valence-electron chi connectivity index (χ4n) is 1.82. The summed E-state index contributed by atoms with van der Waals surface area (Å²) < 4.78 is 5.56. The number of aromatic nitrogens is 4. The van der Waals surface area contributed by atoms with E-state index in [0.717, 1.165) is 19.4 Å². The molecule has 1 fully saturated rings. The molecule has 84 valence electrons. The molecular weight excluding hydrogens is 196 g/mol. The summed E-state index contributed by atoms with van der Waals surface area (Å²) in [6, 6.07) is 0.0664. The van der Waals surface area contributed by atoms with Crippen molar-refractivity contribution in [1.29, 1.82) is 0 Å². The quantitative estimate of drug-likeness (QED) is 0.479. The van der Waals surface area contributed by atoms with Gasteiger partial charge in [-0.3, -0.25) is 11.3 Å². The molecule has 7 heteroatoms. The van der Waals surface area contributed by atoms with E-state index in [1.165, 1.54) is 4.80 Å². The van der Waals surface area contributed by atoms with Gasteiger partial charge < -0.3 is 4.74 Å². The van der Waals surface area contributed by atoms with E-state index in [1.807, 2.05) is 0 Å². The SMILES string of the molecule is Cn1nnc(CC(NN)C2CCCO2)n1. The van der Waals surface area contributed by atoms with Gasteiger partial charge in [0.2, 0.25) is 0 Å². The summed E-state index contributed by atoms with van der Waals surface area (Å²) in [5.74, 6) is 6.19. The number of hydrogen-bond acceptors (Lipinski definition) is 6. The Morgan fingerprint density at radius 2 is 2.60 bits per heavy atom. The van der Waals surface area contributed by atoms with E-state index in [2.05, 4.69) is 20.8 Å². The maximum atomic E-state index is 5.56. The molecule has 2 heterocycles. The molecule has 1 aliphatic rings. The van der Waals surface area contributed by atoms with E-state index >= 15 is 0 Å². The number of nitrogens with zero attached hydrogens (tertiary/aromatic N) is 4. The molecule has 2 unspecified atom stereocenters. The molecule has 2 rings (SSSR count). The lowest BCUT2D eigenvalue weighted by Crippen LogP contribution is -2.45. The summed E-state index contributed by atoms with van der Waals surface area (Å²) in [4.78, 5) is 1.44. The molecule has 1 aliphatic heterocycles. The van der Waals surface area contributed by atoms with Gasteiger partial charge in [-0.15, -0.1) is 10.2 Å². The normalized spacial score (nSPS) is 23.2. The van der Waals surface area contributed by atoms with Crippen molar-refractivity contribution in [2.45, 2.75) is 31.4 Å². The van der Waals surface area contributed by atoms with Gasteiger partial charge in [-0.2, -0.15) is 4.80 Å². The number of hydrazine groups is 1. The zero-order valence-corrected chi connectivity index (χ0v) is 8.76. The fourth-order valence-corrected chi connectivity index (χ4v) is 1.82. The highest BCUT2D eigenvalue weighted by Gasteiger charge is 2.26. The van der Waals surface area contributed by atoms with Crippen LogP contribution in [0.15, 0.2) is 0 Å². The van der Waals surface area contributed by atoms with Crippen LogP contribution in [0.2, 0.25) is 0 Å². The van der Waals surface area contributed by atoms with Gasteiger partial charge >= 0.3 is 0 Å². The molecule has 3 N–H and O–H groups in total. The van der Waals surface area contributed by atoms with E-state index in [-0.39, 0.29) is 12.1 Å². The summed E-state index contributed by atoms with van der Waals surface area (Å²) in [7, 11) is 1.74. The number of rotatable bonds is 4. The molecule has 0 bridgehead atoms. The molecule has 0 spiro atoms. The van der Waals surface area contributed by atoms with Crippen molar-refractivity contribution in [2.75, 3.05) is 6.61 Å². The number of ether oxygens (including phenoxy) is 1. The molecule has 0 aliphatic carbocycles. The van der Waals surface area contributed by atoms with E-state index in [4.69, 9.17) is 10.6 Å². The van der Waals surface area contributed by atoms with E-state index < -0.39 is 0 Å². The second-order valence-corrected chi connectivity index (χ2v) is 3.72. The Morgan fingerprint density at radius 3 is 3.13 bits per heavy atom. The van der Waals surface area contributed by atoms with E-state index in [9.17, 15) is 0 Å². The Bertz CT molecular complexity index is 308. The number of nitrogens with two attached hydrogens (primary N) is 1. The van der Waals surface area contributed by atoms with Crippen LogP contribution in [0.1, 0.15) is 18.7 Å². The molecule has 15 heavy (non-hydrogen) atoms. The Balaban J connectivity index is 1.95. The van der Waals surface area contributed by atoms with Crippen molar-refractivity contribution >= 4 is 0 Å². The number of tetrazole rings is 1. The highest BCUT2D eigenvalue weighted by atomic mass is 16.5. The van der Waals surface area contributed by atoms with Gasteiger partial charge in [0.05, 0.1) is 19.2 Å². The van der Waals surface area contributed by atoms with Gasteiger partial charge in [-0.25, -0.2) is 0 Å². The van der Waals surface area contributed by atoms with Gasteiger partial charge in [0.25, 0.3) is 0 Å². The summed E-state index contributed by atoms with van der Waals surface area (Å²) in [6.07, 6.45) is 2.94. The van der Waals surface area contributed by atoms with Crippen LogP contribution < -0.4 is 11.3 Å². The molecule has 0 amide bonds. The molecule has 0 radical (unpaired) electrons. The maximum absolute atomic E-state index is 5.56. The van der Waals surface area contributed by atoms with Crippen molar-refractivity contribution in [2.24, 2.45) is 12.9 Å². The number of hydrogen-bond donors (Lipinski definition) is 2. The third-order valence-electron chi connectivity index (χ3n) is 2.58. The third kappa shape index (κ3) is 2.49. The van der Waals surface area contributed by atoms with Crippen LogP contribution >= 0.6 is 0 Å². The van der Waals surface area contributed by atoms with Crippen molar-refractivity contribution in [3.8, 4) is 0 Å². The van der Waals surface area contributed by atoms with Crippen molar-refractivity contribution in [3.05, 3.63) is 5.82 Å². The Hall–Kier alpha value is -1.05. The first kappa shape index (κ1) is 10.5. The van der Waals surface area contributed by atoms with Crippen LogP contribution in [0, 0.1) is 0 Å². The number of nitrogens with one attached hydrogen (secondary N) is 1. The molecule has 2 atom stereocenters. The van der Waals surface area contributed by atoms with Crippen molar-refractivity contribution in [1.82, 2.24) is 25.6 Å². The first-order chi connectivity index (χ1) is 7.29. The summed E-state index contributed by atoms with van der Waals surface area (Å²) in [6.45, 7) is 0.816. The zero-order valence-electron chi connectivity index (χ0n) is 8.76. The fraction of sp³-hybridized carbons (Fsp3) is 0.875. The third-order valence-corrected chi connectivity index (χ3v) is 2.58. The lowest BCUT2D eigenvalue weighted by Gasteiger charge is -2.20. The van der Waals surface area contributed by atoms with Crippen LogP contribution in [0.3, 0.4) is 0 Å². The Morgan fingerprint density at radius 1 is 1.73 bits per heavy atom. The first-order valence-corrected chi connectivity index (χ1v) is 5.10. The predicted molar refractivity (Wildman–Crippen MR) is 52.6 cm³/mol. The summed E-state index contributed by atoms with van der Waals surface area (Å²) >= 11 is 0. The van der Waals surface area contributed by atoms with Crippen molar-refractivity contribution < 1.29 is 4.74 Å². The van der Waals surface area contributed by atoms with E-state index in [1.54, 1.807) is 7.05 Å². The predicted octanol–water partition coefficient (Wildman–Crippen LogP) is -1.24. The smallest absolute Gasteiger partial charge is 0.176 e. The second-order valence-electron chi connectivity index (χ2n) is 3.72. The van der Waals surface area contributed by atoms with Crippen LogP contribution in [-0.2, 0) is 18.2 Å². The Labute approximate surface area is 87.9 Å². The average molecular weight is 212 g/mol. The van der Waals surface area contributed by atoms with Gasteiger partial charge in [0, 0.05) is 13.0 Å². The maximum Gasteiger partial charge on any atom is 0.176 e. The van der Waals surface area contributed by atoms with Crippen LogP contribution in [0.4, 0.5) is 0 Å². The van der Waals surface area contributed by atoms with Crippen molar-refractivity contribution in [3.63, 3.8) is 0 Å². The summed E-state index contributed by atoms with van der Waals surface area (Å²) in [5.41, 5.74) is 2.76. The Kier molecular flexibility index (Phi) is 3.24. The minimum atomic E-state index is 0.0664. The van der Waals surface area contributed by atoms with Crippen LogP contribution in [0.5, 0.6) is 0 Å². The van der Waals surface area contributed by atoms with Gasteiger partial charge in [-0.05, 0) is 18.1 Å². The van der Waals surface area contributed by atoms with Gasteiger partial charge in [0.1, 0.15) is 0 Å². The largest absolute Gasteiger partial charge is 0.377 e. The van der Waals surface area contributed by atoms with Crippen LogP contribution in [0.25, 0.3) is 0 Å². The molecular formula is C8H16N6O. The molecule has 7 nitrogen and oxygen atoms in total. The minimum Gasteiger partial charge on any atom is -0.377 e. The molecule has 0 aromatic carbocycles. The molecule has 1 aromatic heterocycles. The number of aryl methyl sites for hydroxylation is 1. The van der Waals surface area contributed by atoms with Gasteiger partial charge in [0.15, 0.2) is 5.82 Å². The monoisotopic (exact) mass is 212 g/mol. The van der Waals surface area contributed by atoms with Gasteiger partial charge in [-0.1, -0.05) is 0 Å². The topological polar surface area (TPSA) is 90.9 Å². The first-order valence-electron chi connectivity index (χ1n) is 5.10. The molecule has 1 saturated heterocycles. The zero-order chi connectivity index (χ0) is 10.7. The highest BCUT2D eigenvalue weighted by molar-refractivity contribution is 4.89. The standard InChI is InChI=1S/C8H16N6O/c1-14-12-8(11-13-14)5-6(10-9)7-3-2-4-15-7/h6-7,10H,2-5,9H2,1H3. The lowest BCUT2D eigenvalue weighted by atomic mass is 10.1. The van der Waals surface area contributed by atoms with Crippen LogP contribution in [-0.4, -0.2) is 39.0 Å².